The normalized spacial score (nSPS) is 14.8. The van der Waals surface area contributed by atoms with Crippen LogP contribution in [-0.2, 0) is 17.9 Å². The smallest absolute Gasteiger partial charge is 0.225 e. The molecule has 0 aromatic heterocycles. The summed E-state index contributed by atoms with van der Waals surface area (Å²) in [7, 11) is 6.03. The second-order valence-corrected chi connectivity index (χ2v) is 8.22. The average Bonchev–Trinajstić information content (AvgIpc) is 2.74. The highest BCUT2D eigenvalue weighted by Gasteiger charge is 2.27. The molecule has 2 aromatic rings. The molecule has 0 unspecified atom stereocenters. The highest BCUT2D eigenvalue weighted by Crippen LogP contribution is 2.25. The van der Waals surface area contributed by atoms with Gasteiger partial charge in [-0.1, -0.05) is 24.3 Å². The van der Waals surface area contributed by atoms with Crippen LogP contribution >= 0.6 is 0 Å². The molecule has 1 fully saturated rings. The van der Waals surface area contributed by atoms with Gasteiger partial charge < -0.3 is 14.7 Å². The molecule has 0 aliphatic carbocycles. The molecule has 1 aliphatic rings. The quantitative estimate of drug-likeness (QED) is 0.676. The number of hydrogen-bond donors (Lipinski definition) is 0. The first-order valence-electron chi connectivity index (χ1n) is 10.2. The lowest BCUT2D eigenvalue weighted by Gasteiger charge is -2.34. The molecule has 2 aromatic carbocycles. The van der Waals surface area contributed by atoms with Gasteiger partial charge >= 0.3 is 0 Å². The summed E-state index contributed by atoms with van der Waals surface area (Å²) in [5.41, 5.74) is 4.25. The van der Waals surface area contributed by atoms with Crippen molar-refractivity contribution in [3.63, 3.8) is 0 Å². The van der Waals surface area contributed by atoms with Crippen molar-refractivity contribution in [2.75, 3.05) is 39.1 Å². The number of carbonyl (C=O) groups is 2. The molecule has 5 heteroatoms. The van der Waals surface area contributed by atoms with Gasteiger partial charge in [-0.2, -0.15) is 0 Å². The molecule has 1 amide bonds. The molecule has 0 saturated carbocycles. The van der Waals surface area contributed by atoms with Crippen molar-refractivity contribution in [1.29, 1.82) is 0 Å². The first-order valence-corrected chi connectivity index (χ1v) is 10.2. The van der Waals surface area contributed by atoms with Gasteiger partial charge in [0.25, 0.3) is 0 Å². The maximum Gasteiger partial charge on any atom is 0.225 e. The van der Waals surface area contributed by atoms with E-state index < -0.39 is 0 Å². The Labute approximate surface area is 173 Å². The molecule has 1 heterocycles. The molecule has 29 heavy (non-hydrogen) atoms. The summed E-state index contributed by atoms with van der Waals surface area (Å²) in [5.74, 6) is 0.317. The number of hydrogen-bond acceptors (Lipinski definition) is 4. The third-order valence-electron chi connectivity index (χ3n) is 5.56. The van der Waals surface area contributed by atoms with E-state index in [4.69, 9.17) is 0 Å². The van der Waals surface area contributed by atoms with Crippen LogP contribution in [0.25, 0.3) is 0 Å². The van der Waals surface area contributed by atoms with E-state index in [-0.39, 0.29) is 11.8 Å². The van der Waals surface area contributed by atoms with Crippen molar-refractivity contribution >= 4 is 17.9 Å². The van der Waals surface area contributed by atoms with Crippen LogP contribution < -0.4 is 4.90 Å². The number of nitrogens with zero attached hydrogens (tertiary/aromatic N) is 3. The van der Waals surface area contributed by atoms with E-state index in [1.165, 1.54) is 5.56 Å². The van der Waals surface area contributed by atoms with Crippen LogP contribution in [0.1, 0.15) is 34.3 Å². The topological polar surface area (TPSA) is 43.9 Å². The number of aldehydes is 1. The van der Waals surface area contributed by atoms with E-state index in [0.717, 1.165) is 50.0 Å². The van der Waals surface area contributed by atoms with Crippen molar-refractivity contribution in [2.24, 2.45) is 5.92 Å². The van der Waals surface area contributed by atoms with E-state index in [1.54, 1.807) is 0 Å². The zero-order chi connectivity index (χ0) is 20.8. The Balaban J connectivity index is 1.51. The molecule has 1 saturated heterocycles. The molecule has 0 bridgehead atoms. The van der Waals surface area contributed by atoms with Crippen molar-refractivity contribution in [2.45, 2.75) is 25.9 Å². The third-order valence-corrected chi connectivity index (χ3v) is 5.56. The van der Waals surface area contributed by atoms with Crippen LogP contribution in [0.15, 0.2) is 48.5 Å². The highest BCUT2D eigenvalue weighted by molar-refractivity contribution is 5.79. The van der Waals surface area contributed by atoms with E-state index in [1.807, 2.05) is 36.2 Å². The Morgan fingerprint density at radius 3 is 2.00 bits per heavy atom. The van der Waals surface area contributed by atoms with Gasteiger partial charge in [0.2, 0.25) is 5.91 Å². The minimum atomic E-state index is 0.0820. The van der Waals surface area contributed by atoms with Crippen molar-refractivity contribution in [1.82, 2.24) is 9.80 Å². The van der Waals surface area contributed by atoms with Gasteiger partial charge in [0.1, 0.15) is 6.29 Å². The van der Waals surface area contributed by atoms with E-state index in [0.29, 0.717) is 12.1 Å². The molecule has 0 atom stereocenters. The summed E-state index contributed by atoms with van der Waals surface area (Å²) in [5, 5.41) is 0. The number of benzene rings is 2. The second-order valence-electron chi connectivity index (χ2n) is 8.22. The van der Waals surface area contributed by atoms with Crippen molar-refractivity contribution < 1.29 is 9.59 Å². The SMILES string of the molecule is CN(C)Cc1ccc(CN(C)C(=O)C2CCN(c3ccc(C=O)cc3)CC2)cc1. The van der Waals surface area contributed by atoms with Crippen LogP contribution in [-0.4, -0.2) is 56.2 Å². The molecule has 1 aliphatic heterocycles. The molecule has 154 valence electrons. The fourth-order valence-electron chi connectivity index (χ4n) is 3.93. The zero-order valence-corrected chi connectivity index (χ0v) is 17.7. The summed E-state index contributed by atoms with van der Waals surface area (Å²) >= 11 is 0. The molecule has 0 N–H and O–H groups in total. The molecular formula is C24H31N3O2. The number of anilines is 1. The minimum absolute atomic E-state index is 0.0820. The van der Waals surface area contributed by atoms with Gasteiger partial charge in [-0.05, 0) is 62.3 Å². The molecular weight excluding hydrogens is 362 g/mol. The maximum atomic E-state index is 12.9. The highest BCUT2D eigenvalue weighted by atomic mass is 16.2. The summed E-state index contributed by atoms with van der Waals surface area (Å²) in [4.78, 5) is 30.0. The lowest BCUT2D eigenvalue weighted by molar-refractivity contribution is -0.135. The third kappa shape index (κ3) is 5.67. The molecule has 0 radical (unpaired) electrons. The summed E-state index contributed by atoms with van der Waals surface area (Å²) in [6, 6.07) is 16.2. The van der Waals surface area contributed by atoms with Gasteiger partial charge in [-0.15, -0.1) is 0 Å². The first kappa shape index (κ1) is 21.1. The van der Waals surface area contributed by atoms with Crippen LogP contribution in [0.5, 0.6) is 0 Å². The largest absolute Gasteiger partial charge is 0.371 e. The van der Waals surface area contributed by atoms with Gasteiger partial charge in [-0.25, -0.2) is 0 Å². The van der Waals surface area contributed by atoms with Gasteiger partial charge in [0, 0.05) is 50.4 Å². The lowest BCUT2D eigenvalue weighted by atomic mass is 9.94. The standard InChI is InChI=1S/C24H31N3O2/c1-25(2)16-19-4-6-20(7-5-19)17-26(3)24(29)22-12-14-27(15-13-22)23-10-8-21(18-28)9-11-23/h4-11,18,22H,12-17H2,1-3H3. The number of piperidine rings is 1. The molecule has 0 spiro atoms. The fraction of sp³-hybridized carbons (Fsp3) is 0.417. The maximum absolute atomic E-state index is 12.9. The summed E-state index contributed by atoms with van der Waals surface area (Å²) < 4.78 is 0. The van der Waals surface area contributed by atoms with E-state index in [2.05, 4.69) is 48.2 Å². The Hall–Kier alpha value is -2.66. The van der Waals surface area contributed by atoms with Gasteiger partial charge in [-0.3, -0.25) is 9.59 Å². The summed E-state index contributed by atoms with van der Waals surface area (Å²) in [6.07, 6.45) is 2.58. The van der Waals surface area contributed by atoms with Crippen LogP contribution in [0.3, 0.4) is 0 Å². The molecule has 5 nitrogen and oxygen atoms in total. The van der Waals surface area contributed by atoms with Crippen LogP contribution in [0.2, 0.25) is 0 Å². The number of carbonyl (C=O) groups excluding carboxylic acids is 2. The summed E-state index contributed by atoms with van der Waals surface area (Å²) in [6.45, 7) is 3.30. The second kappa shape index (κ2) is 9.70. The van der Waals surface area contributed by atoms with Crippen molar-refractivity contribution in [3.8, 4) is 0 Å². The average molecular weight is 394 g/mol. The van der Waals surface area contributed by atoms with E-state index >= 15 is 0 Å². The van der Waals surface area contributed by atoms with Crippen LogP contribution in [0, 0.1) is 5.92 Å². The van der Waals surface area contributed by atoms with Gasteiger partial charge in [0.15, 0.2) is 0 Å². The minimum Gasteiger partial charge on any atom is -0.371 e. The van der Waals surface area contributed by atoms with Crippen molar-refractivity contribution in [3.05, 3.63) is 65.2 Å². The Morgan fingerprint density at radius 1 is 0.931 bits per heavy atom. The van der Waals surface area contributed by atoms with Gasteiger partial charge in [0.05, 0.1) is 0 Å². The zero-order valence-electron chi connectivity index (χ0n) is 17.7. The van der Waals surface area contributed by atoms with Crippen LogP contribution in [0.4, 0.5) is 5.69 Å². The van der Waals surface area contributed by atoms with E-state index in [9.17, 15) is 9.59 Å². The number of rotatable bonds is 7. The monoisotopic (exact) mass is 393 g/mol. The number of amides is 1. The predicted molar refractivity (Wildman–Crippen MR) is 117 cm³/mol. The Bertz CT molecular complexity index is 807. The predicted octanol–water partition coefficient (Wildman–Crippen LogP) is 3.44. The first-order chi connectivity index (χ1) is 14.0. The Morgan fingerprint density at radius 2 is 1.48 bits per heavy atom. The fourth-order valence-corrected chi connectivity index (χ4v) is 3.93. The Kier molecular flexibility index (Phi) is 7.04. The molecule has 3 rings (SSSR count). The lowest BCUT2D eigenvalue weighted by Crippen LogP contribution is -2.41.